The van der Waals surface area contributed by atoms with E-state index in [1.165, 1.54) is 24.1 Å². The second kappa shape index (κ2) is 9.91. The lowest BCUT2D eigenvalue weighted by atomic mass is 10.1. The monoisotopic (exact) mass is 366 g/mol. The molecule has 1 aromatic heterocycles. The van der Waals surface area contributed by atoms with Gasteiger partial charge in [-0.05, 0) is 55.3 Å². The number of ether oxygens (including phenoxy) is 1. The van der Waals surface area contributed by atoms with Crippen molar-refractivity contribution in [2.75, 3.05) is 0 Å². The molecule has 2 rings (SSSR count). The minimum atomic E-state index is -3.09. The molecule has 0 N–H and O–H groups in total. The third kappa shape index (κ3) is 7.15. The summed E-state index contributed by atoms with van der Waals surface area (Å²) in [7, 11) is 0. The van der Waals surface area contributed by atoms with Crippen LogP contribution in [-0.4, -0.2) is 6.11 Å². The highest BCUT2D eigenvalue weighted by Crippen LogP contribution is 2.31. The number of rotatable bonds is 11. The SMILES string of the molecule is CCCCCCCCCC(F)(F)Oc1ccc(-c2ccc(C)s2)cc1. The first-order chi connectivity index (χ1) is 12.0. The number of aryl methyl sites for hydroxylation is 1. The lowest BCUT2D eigenvalue weighted by Gasteiger charge is -2.18. The van der Waals surface area contributed by atoms with Gasteiger partial charge in [0.15, 0.2) is 0 Å². The zero-order chi connectivity index (χ0) is 18.1. The van der Waals surface area contributed by atoms with Gasteiger partial charge in [-0.2, -0.15) is 8.78 Å². The van der Waals surface area contributed by atoms with E-state index in [0.29, 0.717) is 6.42 Å². The van der Waals surface area contributed by atoms with Crippen molar-refractivity contribution < 1.29 is 13.5 Å². The number of hydrogen-bond donors (Lipinski definition) is 0. The average Bonchev–Trinajstić information content (AvgIpc) is 3.01. The van der Waals surface area contributed by atoms with Crippen molar-refractivity contribution in [1.29, 1.82) is 0 Å². The van der Waals surface area contributed by atoms with Gasteiger partial charge < -0.3 is 4.74 Å². The summed E-state index contributed by atoms with van der Waals surface area (Å²) in [4.78, 5) is 2.37. The molecule has 0 saturated carbocycles. The molecule has 2 aromatic rings. The Bertz CT molecular complexity index is 619. The molecule has 0 spiro atoms. The van der Waals surface area contributed by atoms with Crippen LogP contribution in [0, 0.1) is 6.92 Å². The number of thiophene rings is 1. The first-order valence-electron chi connectivity index (χ1n) is 9.24. The molecular weight excluding hydrogens is 338 g/mol. The van der Waals surface area contributed by atoms with E-state index in [9.17, 15) is 8.78 Å². The van der Waals surface area contributed by atoms with E-state index >= 15 is 0 Å². The normalized spacial score (nSPS) is 11.7. The Labute approximate surface area is 154 Å². The molecule has 1 aromatic carbocycles. The van der Waals surface area contributed by atoms with Gasteiger partial charge in [0.1, 0.15) is 5.75 Å². The Kier molecular flexibility index (Phi) is 7.89. The second-order valence-corrected chi connectivity index (χ2v) is 7.83. The maximum atomic E-state index is 13.9. The molecule has 4 heteroatoms. The fraction of sp³-hybridized carbons (Fsp3) is 0.524. The number of alkyl halides is 2. The quantitative estimate of drug-likeness (QED) is 0.368. The molecule has 138 valence electrons. The smallest absolute Gasteiger partial charge is 0.397 e. The third-order valence-corrected chi connectivity index (χ3v) is 5.27. The summed E-state index contributed by atoms with van der Waals surface area (Å²) >= 11 is 1.69. The zero-order valence-corrected chi connectivity index (χ0v) is 16.0. The maximum Gasteiger partial charge on any atom is 0.397 e. The predicted molar refractivity (Wildman–Crippen MR) is 103 cm³/mol. The van der Waals surface area contributed by atoms with Crippen LogP contribution in [0.3, 0.4) is 0 Å². The van der Waals surface area contributed by atoms with E-state index in [2.05, 4.69) is 19.9 Å². The average molecular weight is 367 g/mol. The van der Waals surface area contributed by atoms with Gasteiger partial charge in [-0.25, -0.2) is 0 Å². The van der Waals surface area contributed by atoms with Gasteiger partial charge in [0, 0.05) is 9.75 Å². The van der Waals surface area contributed by atoms with Crippen LogP contribution < -0.4 is 4.74 Å². The molecule has 0 aliphatic carbocycles. The van der Waals surface area contributed by atoms with Gasteiger partial charge >= 0.3 is 6.11 Å². The molecule has 0 radical (unpaired) electrons. The largest absolute Gasteiger partial charge is 0.433 e. The Balaban J connectivity index is 1.76. The van der Waals surface area contributed by atoms with Crippen LogP contribution in [0.5, 0.6) is 5.75 Å². The maximum absolute atomic E-state index is 13.9. The molecule has 0 unspecified atom stereocenters. The summed E-state index contributed by atoms with van der Waals surface area (Å²) in [6.07, 6.45) is 3.87. The zero-order valence-electron chi connectivity index (χ0n) is 15.2. The number of unbranched alkanes of at least 4 members (excludes halogenated alkanes) is 6. The van der Waals surface area contributed by atoms with E-state index in [0.717, 1.165) is 29.7 Å². The highest BCUT2D eigenvalue weighted by atomic mass is 32.1. The Hall–Kier alpha value is -1.42. The molecule has 0 atom stereocenters. The fourth-order valence-electron chi connectivity index (χ4n) is 2.79. The molecule has 1 heterocycles. The van der Waals surface area contributed by atoms with Crippen molar-refractivity contribution in [2.45, 2.75) is 71.3 Å². The van der Waals surface area contributed by atoms with Crippen LogP contribution in [0.15, 0.2) is 36.4 Å². The molecule has 0 bridgehead atoms. The van der Waals surface area contributed by atoms with Gasteiger partial charge in [-0.3, -0.25) is 0 Å². The van der Waals surface area contributed by atoms with Gasteiger partial charge in [-0.1, -0.05) is 45.4 Å². The molecular formula is C21H28F2OS. The highest BCUT2D eigenvalue weighted by Gasteiger charge is 2.30. The van der Waals surface area contributed by atoms with Crippen molar-refractivity contribution in [1.82, 2.24) is 0 Å². The molecule has 0 amide bonds. The van der Waals surface area contributed by atoms with Crippen molar-refractivity contribution >= 4 is 11.3 Å². The number of benzene rings is 1. The van der Waals surface area contributed by atoms with E-state index in [1.807, 2.05) is 18.2 Å². The van der Waals surface area contributed by atoms with Gasteiger partial charge in [0.05, 0.1) is 6.42 Å². The van der Waals surface area contributed by atoms with Crippen molar-refractivity contribution in [2.24, 2.45) is 0 Å². The third-order valence-electron chi connectivity index (χ3n) is 4.22. The molecule has 0 fully saturated rings. The summed E-state index contributed by atoms with van der Waals surface area (Å²) in [6.45, 7) is 4.22. The van der Waals surface area contributed by atoms with Crippen LogP contribution in [0.2, 0.25) is 0 Å². The van der Waals surface area contributed by atoms with E-state index in [1.54, 1.807) is 23.5 Å². The topological polar surface area (TPSA) is 9.23 Å². The van der Waals surface area contributed by atoms with Crippen molar-refractivity contribution in [3.63, 3.8) is 0 Å². The second-order valence-electron chi connectivity index (χ2n) is 6.55. The van der Waals surface area contributed by atoms with Crippen LogP contribution >= 0.6 is 11.3 Å². The van der Waals surface area contributed by atoms with Crippen molar-refractivity contribution in [3.8, 4) is 16.2 Å². The van der Waals surface area contributed by atoms with Gasteiger partial charge in [0.25, 0.3) is 0 Å². The summed E-state index contributed by atoms with van der Waals surface area (Å²) in [5.74, 6) is 0.227. The summed E-state index contributed by atoms with van der Waals surface area (Å²) < 4.78 is 32.8. The number of hydrogen-bond acceptors (Lipinski definition) is 2. The van der Waals surface area contributed by atoms with Gasteiger partial charge in [0.2, 0.25) is 0 Å². The molecule has 0 saturated heterocycles. The molecule has 1 nitrogen and oxygen atoms in total. The summed E-state index contributed by atoms with van der Waals surface area (Å²) in [5, 5.41) is 0. The van der Waals surface area contributed by atoms with Crippen LogP contribution in [0.1, 0.15) is 63.2 Å². The van der Waals surface area contributed by atoms with Crippen LogP contribution in [-0.2, 0) is 0 Å². The van der Waals surface area contributed by atoms with E-state index < -0.39 is 6.11 Å². The minimum absolute atomic E-state index is 0.216. The standard InChI is InChI=1S/C21H28F2OS/c1-3-4-5-6-7-8-9-16-21(22,23)24-19-13-11-18(12-14-19)20-15-10-17(2)25-20/h10-15H,3-9,16H2,1-2H3. The van der Waals surface area contributed by atoms with E-state index in [4.69, 9.17) is 4.74 Å². The predicted octanol–water partition coefficient (Wildman–Crippen LogP) is 7.84. The first kappa shape index (κ1) is 19.9. The Morgan fingerprint density at radius 1 is 0.880 bits per heavy atom. The minimum Gasteiger partial charge on any atom is -0.433 e. The van der Waals surface area contributed by atoms with E-state index in [-0.39, 0.29) is 12.2 Å². The van der Waals surface area contributed by atoms with Crippen molar-refractivity contribution in [3.05, 3.63) is 41.3 Å². The lowest BCUT2D eigenvalue weighted by molar-refractivity contribution is -0.181. The summed E-state index contributed by atoms with van der Waals surface area (Å²) in [6, 6.07) is 11.0. The Morgan fingerprint density at radius 2 is 1.52 bits per heavy atom. The number of halogens is 2. The molecule has 25 heavy (non-hydrogen) atoms. The fourth-order valence-corrected chi connectivity index (χ4v) is 3.66. The molecule has 0 aliphatic heterocycles. The lowest BCUT2D eigenvalue weighted by Crippen LogP contribution is -2.24. The van der Waals surface area contributed by atoms with Gasteiger partial charge in [-0.15, -0.1) is 11.3 Å². The van der Waals surface area contributed by atoms with Crippen LogP contribution in [0.4, 0.5) is 8.78 Å². The Morgan fingerprint density at radius 3 is 2.12 bits per heavy atom. The first-order valence-corrected chi connectivity index (χ1v) is 10.1. The summed E-state index contributed by atoms with van der Waals surface area (Å²) in [5.41, 5.74) is 1.03. The van der Waals surface area contributed by atoms with Crippen LogP contribution in [0.25, 0.3) is 10.4 Å². The highest BCUT2D eigenvalue weighted by molar-refractivity contribution is 7.15. The molecule has 0 aliphatic rings.